The number of nitrogens with one attached hydrogen (secondary N) is 1. The molecule has 5 nitrogen and oxygen atoms in total. The van der Waals surface area contributed by atoms with Crippen LogP contribution < -0.4 is 15.8 Å². The van der Waals surface area contributed by atoms with Gasteiger partial charge in [-0.25, -0.2) is 0 Å². The standard InChI is InChI=1S/C13H19ClN2O3/c1-2-18-7-8-19-12-4-3-10(14)9-11(12)16-13(17)5-6-15/h3-4,9H,2,5-8,15H2,1H3,(H,16,17). The predicted molar refractivity (Wildman–Crippen MR) is 75.7 cm³/mol. The summed E-state index contributed by atoms with van der Waals surface area (Å²) in [6.45, 7) is 3.77. The second-order valence-corrected chi connectivity index (χ2v) is 4.21. The molecule has 0 unspecified atom stereocenters. The van der Waals surface area contributed by atoms with Crippen LogP contribution in [-0.4, -0.2) is 32.3 Å². The molecule has 0 aliphatic carbocycles. The van der Waals surface area contributed by atoms with Crippen molar-refractivity contribution in [2.24, 2.45) is 5.73 Å². The Kier molecular flexibility index (Phi) is 7.25. The molecule has 1 aromatic carbocycles. The molecule has 0 atom stereocenters. The number of benzene rings is 1. The molecule has 1 rings (SSSR count). The van der Waals surface area contributed by atoms with Gasteiger partial charge in [0.15, 0.2) is 0 Å². The van der Waals surface area contributed by atoms with E-state index < -0.39 is 0 Å². The van der Waals surface area contributed by atoms with Gasteiger partial charge in [0.25, 0.3) is 0 Å². The highest BCUT2D eigenvalue weighted by atomic mass is 35.5. The highest BCUT2D eigenvalue weighted by Gasteiger charge is 2.08. The predicted octanol–water partition coefficient (Wildman–Crippen LogP) is 2.04. The van der Waals surface area contributed by atoms with E-state index in [4.69, 9.17) is 26.8 Å². The van der Waals surface area contributed by atoms with Crippen LogP contribution in [0.4, 0.5) is 5.69 Å². The van der Waals surface area contributed by atoms with Crippen LogP contribution in [0, 0.1) is 0 Å². The maximum atomic E-state index is 11.5. The average Bonchev–Trinajstić information content (AvgIpc) is 2.37. The number of halogens is 1. The lowest BCUT2D eigenvalue weighted by molar-refractivity contribution is -0.116. The molecule has 0 aromatic heterocycles. The Morgan fingerprint density at radius 2 is 2.21 bits per heavy atom. The number of carbonyl (C=O) groups is 1. The Morgan fingerprint density at radius 1 is 1.42 bits per heavy atom. The normalized spacial score (nSPS) is 10.3. The lowest BCUT2D eigenvalue weighted by Gasteiger charge is -2.12. The van der Waals surface area contributed by atoms with Crippen molar-refractivity contribution in [2.45, 2.75) is 13.3 Å². The Balaban J connectivity index is 2.65. The summed E-state index contributed by atoms with van der Waals surface area (Å²) >= 11 is 5.90. The van der Waals surface area contributed by atoms with Gasteiger partial charge in [-0.2, -0.15) is 0 Å². The lowest BCUT2D eigenvalue weighted by atomic mass is 10.2. The zero-order valence-electron chi connectivity index (χ0n) is 10.9. The van der Waals surface area contributed by atoms with E-state index in [9.17, 15) is 4.79 Å². The van der Waals surface area contributed by atoms with Gasteiger partial charge < -0.3 is 20.5 Å². The van der Waals surface area contributed by atoms with Crippen molar-refractivity contribution in [3.63, 3.8) is 0 Å². The fourth-order valence-electron chi connectivity index (χ4n) is 1.42. The summed E-state index contributed by atoms with van der Waals surface area (Å²) in [5.74, 6) is 0.397. The molecule has 6 heteroatoms. The van der Waals surface area contributed by atoms with Gasteiger partial charge >= 0.3 is 0 Å². The first-order valence-electron chi connectivity index (χ1n) is 6.17. The van der Waals surface area contributed by atoms with Crippen LogP contribution in [0.15, 0.2) is 18.2 Å². The van der Waals surface area contributed by atoms with Crippen LogP contribution in [0.3, 0.4) is 0 Å². The zero-order valence-corrected chi connectivity index (χ0v) is 11.7. The van der Waals surface area contributed by atoms with E-state index in [1.54, 1.807) is 18.2 Å². The number of hydrogen-bond acceptors (Lipinski definition) is 4. The number of amides is 1. The van der Waals surface area contributed by atoms with E-state index in [2.05, 4.69) is 5.32 Å². The van der Waals surface area contributed by atoms with Gasteiger partial charge in [0, 0.05) is 24.6 Å². The molecule has 0 saturated carbocycles. The SMILES string of the molecule is CCOCCOc1ccc(Cl)cc1NC(=O)CCN. The van der Waals surface area contributed by atoms with Crippen LogP contribution >= 0.6 is 11.6 Å². The molecule has 0 fully saturated rings. The Morgan fingerprint density at radius 3 is 2.89 bits per heavy atom. The molecule has 3 N–H and O–H groups in total. The number of anilines is 1. The number of hydrogen-bond donors (Lipinski definition) is 2. The molecule has 0 saturated heterocycles. The van der Waals surface area contributed by atoms with Gasteiger partial charge in [-0.05, 0) is 25.1 Å². The fraction of sp³-hybridized carbons (Fsp3) is 0.462. The fourth-order valence-corrected chi connectivity index (χ4v) is 1.60. The average molecular weight is 287 g/mol. The van der Waals surface area contributed by atoms with Gasteiger partial charge in [0.05, 0.1) is 12.3 Å². The summed E-state index contributed by atoms with van der Waals surface area (Å²) in [4.78, 5) is 11.5. The third-order valence-corrected chi connectivity index (χ3v) is 2.51. The van der Waals surface area contributed by atoms with Crippen molar-refractivity contribution >= 4 is 23.2 Å². The van der Waals surface area contributed by atoms with E-state index in [1.807, 2.05) is 6.92 Å². The highest BCUT2D eigenvalue weighted by molar-refractivity contribution is 6.31. The first kappa shape index (κ1) is 15.8. The van der Waals surface area contributed by atoms with Crippen molar-refractivity contribution in [1.29, 1.82) is 0 Å². The van der Waals surface area contributed by atoms with Crippen LogP contribution in [0.5, 0.6) is 5.75 Å². The van der Waals surface area contributed by atoms with Crippen LogP contribution in [0.1, 0.15) is 13.3 Å². The largest absolute Gasteiger partial charge is 0.489 e. The topological polar surface area (TPSA) is 73.6 Å². The van der Waals surface area contributed by atoms with Crippen molar-refractivity contribution < 1.29 is 14.3 Å². The van der Waals surface area contributed by atoms with Crippen LogP contribution in [0.25, 0.3) is 0 Å². The van der Waals surface area contributed by atoms with Crippen molar-refractivity contribution in [3.05, 3.63) is 23.2 Å². The Labute approximate surface area is 118 Å². The molecule has 0 spiro atoms. The Bertz CT molecular complexity index is 413. The molecule has 0 heterocycles. The molecule has 1 aromatic rings. The van der Waals surface area contributed by atoms with Crippen molar-refractivity contribution in [1.82, 2.24) is 0 Å². The van der Waals surface area contributed by atoms with E-state index in [0.717, 1.165) is 0 Å². The van der Waals surface area contributed by atoms with Crippen molar-refractivity contribution in [2.75, 3.05) is 31.7 Å². The number of carbonyl (C=O) groups excluding carboxylic acids is 1. The summed E-state index contributed by atoms with van der Waals surface area (Å²) in [5, 5.41) is 3.25. The van der Waals surface area contributed by atoms with E-state index in [0.29, 0.717) is 42.8 Å². The van der Waals surface area contributed by atoms with Crippen molar-refractivity contribution in [3.8, 4) is 5.75 Å². The van der Waals surface area contributed by atoms with Crippen LogP contribution in [-0.2, 0) is 9.53 Å². The maximum Gasteiger partial charge on any atom is 0.225 e. The molecule has 1 amide bonds. The summed E-state index contributed by atoms with van der Waals surface area (Å²) in [6, 6.07) is 5.06. The third kappa shape index (κ3) is 5.92. The molecular weight excluding hydrogens is 268 g/mol. The second-order valence-electron chi connectivity index (χ2n) is 3.77. The summed E-state index contributed by atoms with van der Waals surface area (Å²) in [6.07, 6.45) is 0.255. The monoisotopic (exact) mass is 286 g/mol. The molecule has 0 bridgehead atoms. The highest BCUT2D eigenvalue weighted by Crippen LogP contribution is 2.28. The van der Waals surface area contributed by atoms with Crippen LogP contribution in [0.2, 0.25) is 5.02 Å². The minimum Gasteiger partial charge on any atom is -0.489 e. The van der Waals surface area contributed by atoms with E-state index >= 15 is 0 Å². The minimum absolute atomic E-state index is 0.167. The third-order valence-electron chi connectivity index (χ3n) is 2.28. The second kappa shape index (κ2) is 8.74. The molecule has 106 valence electrons. The minimum atomic E-state index is -0.167. The molecule has 0 radical (unpaired) electrons. The Hall–Kier alpha value is -1.30. The van der Waals surface area contributed by atoms with Gasteiger partial charge in [-0.1, -0.05) is 11.6 Å². The lowest BCUT2D eigenvalue weighted by Crippen LogP contribution is -2.17. The maximum absolute atomic E-state index is 11.5. The molecule has 0 aliphatic heterocycles. The first-order chi connectivity index (χ1) is 9.17. The van der Waals surface area contributed by atoms with Gasteiger partial charge in [-0.15, -0.1) is 0 Å². The van der Waals surface area contributed by atoms with Gasteiger partial charge in [-0.3, -0.25) is 4.79 Å². The van der Waals surface area contributed by atoms with E-state index in [1.165, 1.54) is 0 Å². The zero-order chi connectivity index (χ0) is 14.1. The summed E-state index contributed by atoms with van der Waals surface area (Å²) in [7, 11) is 0. The molecule has 19 heavy (non-hydrogen) atoms. The number of ether oxygens (including phenoxy) is 2. The smallest absolute Gasteiger partial charge is 0.225 e. The first-order valence-corrected chi connectivity index (χ1v) is 6.55. The van der Waals surface area contributed by atoms with Gasteiger partial charge in [0.2, 0.25) is 5.91 Å². The summed E-state index contributed by atoms with van der Waals surface area (Å²) < 4.78 is 10.7. The number of nitrogens with two attached hydrogens (primary N) is 1. The van der Waals surface area contributed by atoms with Gasteiger partial charge in [0.1, 0.15) is 12.4 Å². The molecule has 0 aliphatic rings. The quantitative estimate of drug-likeness (QED) is 0.717. The van der Waals surface area contributed by atoms with E-state index in [-0.39, 0.29) is 12.3 Å². The molecular formula is C13H19ClN2O3. The summed E-state index contributed by atoms with van der Waals surface area (Å²) in [5.41, 5.74) is 5.87. The number of rotatable bonds is 8.